The van der Waals surface area contributed by atoms with Crippen LogP contribution in [0.15, 0.2) is 53.0 Å². The third kappa shape index (κ3) is 5.76. The van der Waals surface area contributed by atoms with Crippen molar-refractivity contribution in [3.8, 4) is 0 Å². The lowest BCUT2D eigenvalue weighted by Gasteiger charge is -2.41. The molecule has 7 atom stereocenters. The molecule has 1 saturated carbocycles. The van der Waals surface area contributed by atoms with Gasteiger partial charge in [0.2, 0.25) is 17.7 Å². The van der Waals surface area contributed by atoms with Gasteiger partial charge in [-0.25, -0.2) is 0 Å². The topological polar surface area (TPSA) is 125 Å². The second kappa shape index (κ2) is 13.4. The molecule has 242 valence electrons. The molecule has 2 saturated heterocycles. The maximum atomic E-state index is 14.9. The highest BCUT2D eigenvalue weighted by Crippen LogP contribution is 2.59. The van der Waals surface area contributed by atoms with Crippen LogP contribution in [-0.4, -0.2) is 88.1 Å². The summed E-state index contributed by atoms with van der Waals surface area (Å²) in [6, 6.07) is 7.48. The quantitative estimate of drug-likeness (QED) is 0.359. The van der Waals surface area contributed by atoms with Crippen molar-refractivity contribution in [2.75, 3.05) is 19.7 Å². The summed E-state index contributed by atoms with van der Waals surface area (Å²) in [6.45, 7) is 1.95. The van der Waals surface area contributed by atoms with Crippen LogP contribution in [0.4, 0.5) is 0 Å². The number of amides is 3. The van der Waals surface area contributed by atoms with Gasteiger partial charge in [0.15, 0.2) is 0 Å². The van der Waals surface area contributed by atoms with Gasteiger partial charge in [-0.15, -0.1) is 0 Å². The molecule has 1 aliphatic carbocycles. The molecule has 1 aromatic rings. The zero-order chi connectivity index (χ0) is 31.7. The Balaban J connectivity index is 1.44. The van der Waals surface area contributed by atoms with Crippen LogP contribution in [0.2, 0.25) is 0 Å². The summed E-state index contributed by atoms with van der Waals surface area (Å²) in [5.41, 5.74) is -0.690. The van der Waals surface area contributed by atoms with Crippen molar-refractivity contribution in [1.82, 2.24) is 15.1 Å². The van der Waals surface area contributed by atoms with E-state index in [4.69, 9.17) is 9.47 Å². The molecule has 6 rings (SSSR count). The molecule has 3 fully saturated rings. The number of benzene rings is 1. The molecule has 10 nitrogen and oxygen atoms in total. The van der Waals surface area contributed by atoms with E-state index in [1.165, 1.54) is 4.90 Å². The van der Waals surface area contributed by atoms with Gasteiger partial charge in [-0.2, -0.15) is 0 Å². The number of nitrogens with one attached hydrogen (secondary N) is 1. The van der Waals surface area contributed by atoms with E-state index in [2.05, 4.69) is 21.2 Å². The van der Waals surface area contributed by atoms with E-state index < -0.39 is 47.7 Å². The van der Waals surface area contributed by atoms with Crippen molar-refractivity contribution in [1.29, 1.82) is 0 Å². The summed E-state index contributed by atoms with van der Waals surface area (Å²) in [7, 11) is 0. The Kier molecular flexibility index (Phi) is 9.49. The van der Waals surface area contributed by atoms with Gasteiger partial charge in [0.1, 0.15) is 29.8 Å². The lowest BCUT2D eigenvalue weighted by atomic mass is 9.74. The van der Waals surface area contributed by atoms with Crippen LogP contribution in [0.25, 0.3) is 0 Å². The summed E-state index contributed by atoms with van der Waals surface area (Å²) < 4.78 is 13.3. The van der Waals surface area contributed by atoms with Gasteiger partial charge in [-0.1, -0.05) is 84.6 Å². The number of hydrogen-bond acceptors (Lipinski definition) is 7. The molecule has 0 radical (unpaired) electrons. The summed E-state index contributed by atoms with van der Waals surface area (Å²) >= 11 is 3.60. The lowest BCUT2D eigenvalue weighted by Crippen LogP contribution is -2.60. The van der Waals surface area contributed by atoms with Gasteiger partial charge in [0.25, 0.3) is 0 Å². The summed E-state index contributed by atoms with van der Waals surface area (Å²) in [5, 5.41) is 13.3. The van der Waals surface area contributed by atoms with Gasteiger partial charge >= 0.3 is 5.97 Å². The monoisotopic (exact) mass is 683 g/mol. The Morgan fingerprint density at radius 2 is 1.82 bits per heavy atom. The van der Waals surface area contributed by atoms with Crippen molar-refractivity contribution in [3.63, 3.8) is 0 Å². The van der Waals surface area contributed by atoms with Gasteiger partial charge < -0.3 is 29.7 Å². The first kappa shape index (κ1) is 31.9. The molecule has 45 heavy (non-hydrogen) atoms. The largest absolute Gasteiger partial charge is 0.455 e. The molecule has 3 amide bonds. The number of cyclic esters (lactones) is 1. The summed E-state index contributed by atoms with van der Waals surface area (Å²) in [5.74, 6) is -3.46. The molecular weight excluding hydrogens is 642 g/mol. The Bertz CT molecular complexity index is 1360. The van der Waals surface area contributed by atoms with Gasteiger partial charge in [0.05, 0.1) is 25.1 Å². The van der Waals surface area contributed by atoms with Crippen LogP contribution in [-0.2, 0) is 28.7 Å². The van der Waals surface area contributed by atoms with Crippen molar-refractivity contribution >= 4 is 39.6 Å². The highest BCUT2D eigenvalue weighted by molar-refractivity contribution is 9.11. The minimum atomic E-state index is -1.40. The first-order valence-electron chi connectivity index (χ1n) is 16.3. The van der Waals surface area contributed by atoms with Gasteiger partial charge in [0, 0.05) is 23.5 Å². The summed E-state index contributed by atoms with van der Waals surface area (Å²) in [4.78, 5) is 59.7. The highest BCUT2D eigenvalue weighted by Gasteiger charge is 2.75. The number of carbonyl (C=O) groups is 4. The number of allylic oxidation sites excluding steroid dienone is 1. The second-order valence-electron chi connectivity index (χ2n) is 12.8. The normalized spacial score (nSPS) is 34.3. The molecule has 0 aromatic heterocycles. The number of ether oxygens (including phenoxy) is 2. The summed E-state index contributed by atoms with van der Waals surface area (Å²) in [6.07, 6.45) is 10.1. The number of hydrogen-bond donors (Lipinski definition) is 2. The van der Waals surface area contributed by atoms with Crippen molar-refractivity contribution in [2.45, 2.75) is 94.2 Å². The molecule has 1 spiro atoms. The Hall–Kier alpha value is -3.02. The number of aliphatic hydroxyl groups excluding tert-OH is 1. The number of fused-ring (bicyclic) bond motifs is 2. The highest BCUT2D eigenvalue weighted by atomic mass is 79.9. The number of carbonyl (C=O) groups excluding carboxylic acids is 4. The first-order chi connectivity index (χ1) is 21.8. The lowest BCUT2D eigenvalue weighted by molar-refractivity contribution is -0.160. The van der Waals surface area contributed by atoms with Crippen LogP contribution in [0.3, 0.4) is 0 Å². The van der Waals surface area contributed by atoms with Crippen LogP contribution in [0, 0.1) is 11.8 Å². The Morgan fingerprint density at radius 1 is 1.07 bits per heavy atom. The first-order valence-corrected chi connectivity index (χ1v) is 17.1. The van der Waals surface area contributed by atoms with E-state index in [9.17, 15) is 24.3 Å². The van der Waals surface area contributed by atoms with Gasteiger partial charge in [-0.05, 0) is 37.3 Å². The zero-order valence-electron chi connectivity index (χ0n) is 25.6. The number of likely N-dealkylation sites (tertiary alicyclic amines) is 1. The number of esters is 1. The standard InChI is InChI=1S/C34H42BrN3O7/c1-2-22(20-39)38-30-32(42)37(23-14-8-4-9-15-23)17-11-5-10-16-26(40)36-19-25(21-12-6-3-7-13-21)44-33(43)27-28(31(38)41)34(30)18-24(35)29(27)45-34/h3,5-7,11-13,18,22-23,25,27-30,39H,2,4,8-10,14-17,19-20H2,1H3,(H,36,40)/b11-5-/t22-,25-,27-,28+,29-,30-,34+/m0/s1. The Labute approximate surface area is 272 Å². The number of nitrogens with zero attached hydrogens (tertiary/aromatic N) is 2. The van der Waals surface area contributed by atoms with Crippen molar-refractivity contribution < 1.29 is 33.8 Å². The molecule has 11 heteroatoms. The minimum absolute atomic E-state index is 0.0127. The molecule has 1 aromatic carbocycles. The second-order valence-corrected chi connectivity index (χ2v) is 13.7. The Morgan fingerprint density at radius 3 is 2.53 bits per heavy atom. The van der Waals surface area contributed by atoms with E-state index >= 15 is 0 Å². The van der Waals surface area contributed by atoms with Crippen molar-refractivity contribution in [2.24, 2.45) is 11.8 Å². The molecule has 0 unspecified atom stereocenters. The number of aliphatic hydroxyl groups is 1. The van der Waals surface area contributed by atoms with Crippen molar-refractivity contribution in [3.05, 3.63) is 58.6 Å². The fourth-order valence-corrected chi connectivity index (χ4v) is 8.65. The molecule has 4 heterocycles. The van der Waals surface area contributed by atoms with Crippen LogP contribution in [0.1, 0.15) is 70.0 Å². The number of rotatable bonds is 5. The van der Waals surface area contributed by atoms with Crippen LogP contribution >= 0.6 is 15.9 Å². The maximum absolute atomic E-state index is 14.9. The third-order valence-corrected chi connectivity index (χ3v) is 10.8. The maximum Gasteiger partial charge on any atom is 0.313 e. The van der Waals surface area contributed by atoms with Crippen LogP contribution in [0.5, 0.6) is 0 Å². The fourth-order valence-electron chi connectivity index (χ4n) is 7.91. The number of halogens is 1. The zero-order valence-corrected chi connectivity index (χ0v) is 27.2. The van der Waals surface area contributed by atoms with E-state index in [0.717, 1.165) is 32.1 Å². The predicted molar refractivity (Wildman–Crippen MR) is 169 cm³/mol. The fraction of sp³-hybridized carbons (Fsp3) is 0.588. The van der Waals surface area contributed by atoms with E-state index in [0.29, 0.717) is 29.4 Å². The molecule has 4 aliphatic heterocycles. The SMILES string of the molecule is CC[C@@H](CO)N1C(=O)[C@H]2[C@@H]3C(=O)O[C@H](c4ccccc4)CNC(=O)CC/C=C\CN(C4CCCCC4)C(=O)[C@H]1[C@@]21C=C(Br)[C@@H]3O1. The molecule has 2 N–H and O–H groups in total. The van der Waals surface area contributed by atoms with Crippen LogP contribution < -0.4 is 5.32 Å². The minimum Gasteiger partial charge on any atom is -0.455 e. The predicted octanol–water partition coefficient (Wildman–Crippen LogP) is 3.54. The van der Waals surface area contributed by atoms with E-state index in [1.54, 1.807) is 6.08 Å². The van der Waals surface area contributed by atoms with E-state index in [1.807, 2.05) is 54.3 Å². The molecule has 5 aliphatic rings. The average Bonchev–Trinajstić information content (AvgIpc) is 3.65. The smallest absolute Gasteiger partial charge is 0.313 e. The van der Waals surface area contributed by atoms with E-state index in [-0.39, 0.29) is 43.3 Å². The molecule has 5 bridgehead atoms. The molecular formula is C34H42BrN3O7. The third-order valence-electron chi connectivity index (χ3n) is 10.2. The van der Waals surface area contributed by atoms with Gasteiger partial charge in [-0.3, -0.25) is 19.2 Å². The average molecular weight is 685 g/mol.